The molecule has 0 fully saturated rings. The Hall–Kier alpha value is -2.21. The molecule has 0 saturated heterocycles. The number of fused-ring (bicyclic) bond motifs is 1. The fourth-order valence-corrected chi connectivity index (χ4v) is 2.52. The van der Waals surface area contributed by atoms with Gasteiger partial charge in [-0.15, -0.1) is 11.3 Å². The van der Waals surface area contributed by atoms with Gasteiger partial charge in [0.1, 0.15) is 10.5 Å². The molecule has 2 heterocycles. The summed E-state index contributed by atoms with van der Waals surface area (Å²) in [7, 11) is 3.44. The summed E-state index contributed by atoms with van der Waals surface area (Å²) in [6, 6.07) is 3.53. The van der Waals surface area contributed by atoms with Gasteiger partial charge in [-0.2, -0.15) is 0 Å². The molecule has 0 aliphatic heterocycles. The molecule has 6 heteroatoms. The van der Waals surface area contributed by atoms with Crippen molar-refractivity contribution in [3.8, 4) is 10.6 Å². The largest absolute Gasteiger partial charge is 0.443 e. The van der Waals surface area contributed by atoms with E-state index >= 15 is 0 Å². The van der Waals surface area contributed by atoms with E-state index < -0.39 is 0 Å². The van der Waals surface area contributed by atoms with E-state index in [4.69, 9.17) is 4.42 Å². The van der Waals surface area contributed by atoms with Crippen molar-refractivity contribution in [3.05, 3.63) is 35.7 Å². The second-order valence-corrected chi connectivity index (χ2v) is 5.16. The fraction of sp³-hybridized carbons (Fsp3) is 0.154. The molecule has 19 heavy (non-hydrogen) atoms. The van der Waals surface area contributed by atoms with Crippen LogP contribution in [0.2, 0.25) is 0 Å². The summed E-state index contributed by atoms with van der Waals surface area (Å²) in [5, 5.41) is 2.70. The van der Waals surface area contributed by atoms with Crippen molar-refractivity contribution in [1.82, 2.24) is 14.9 Å². The fourth-order valence-electron chi connectivity index (χ4n) is 1.87. The van der Waals surface area contributed by atoms with Gasteiger partial charge in [-0.25, -0.2) is 9.97 Å². The van der Waals surface area contributed by atoms with Crippen molar-refractivity contribution < 1.29 is 9.21 Å². The maximum atomic E-state index is 12.1. The van der Waals surface area contributed by atoms with Crippen LogP contribution < -0.4 is 0 Å². The Morgan fingerprint density at radius 2 is 2.16 bits per heavy atom. The maximum Gasteiger partial charge on any atom is 0.253 e. The molecule has 0 unspecified atom stereocenters. The Labute approximate surface area is 113 Å². The van der Waals surface area contributed by atoms with E-state index in [1.54, 1.807) is 32.4 Å². The predicted molar refractivity (Wildman–Crippen MR) is 73.1 cm³/mol. The molecule has 0 bridgehead atoms. The molecule has 96 valence electrons. The number of hydrogen-bond donors (Lipinski definition) is 0. The minimum Gasteiger partial charge on any atom is -0.443 e. The van der Waals surface area contributed by atoms with Gasteiger partial charge in [-0.05, 0) is 12.1 Å². The molecule has 0 saturated carbocycles. The quantitative estimate of drug-likeness (QED) is 0.720. The summed E-state index contributed by atoms with van der Waals surface area (Å²) in [4.78, 5) is 22.0. The molecule has 5 nitrogen and oxygen atoms in total. The van der Waals surface area contributed by atoms with Crippen LogP contribution in [0.3, 0.4) is 0 Å². The van der Waals surface area contributed by atoms with Gasteiger partial charge in [0, 0.05) is 31.2 Å². The third-order valence-corrected chi connectivity index (χ3v) is 3.55. The van der Waals surface area contributed by atoms with Crippen molar-refractivity contribution in [2.45, 2.75) is 0 Å². The molecule has 1 amide bonds. The minimum atomic E-state index is -0.0669. The summed E-state index contributed by atoms with van der Waals surface area (Å²) in [6.45, 7) is 0. The molecule has 3 aromatic rings. The molecule has 0 atom stereocenters. The molecule has 0 aliphatic carbocycles. The first-order chi connectivity index (χ1) is 9.16. The van der Waals surface area contributed by atoms with Crippen LogP contribution in [0.25, 0.3) is 21.7 Å². The zero-order chi connectivity index (χ0) is 13.4. The number of rotatable bonds is 2. The third-order valence-electron chi connectivity index (χ3n) is 2.75. The second-order valence-electron chi connectivity index (χ2n) is 4.26. The number of oxazole rings is 1. The average Bonchev–Trinajstić information content (AvgIpc) is 3.07. The molecule has 0 spiro atoms. The van der Waals surface area contributed by atoms with Crippen LogP contribution in [0.4, 0.5) is 0 Å². The van der Waals surface area contributed by atoms with Crippen molar-refractivity contribution in [2.24, 2.45) is 0 Å². The maximum absolute atomic E-state index is 12.1. The Morgan fingerprint density at radius 1 is 1.32 bits per heavy atom. The SMILES string of the molecule is CN(C)C(=O)c1cc(-c2nccs2)c2ocnc2c1. The van der Waals surface area contributed by atoms with Crippen LogP contribution in [0, 0.1) is 0 Å². The minimum absolute atomic E-state index is 0.0669. The number of amides is 1. The van der Waals surface area contributed by atoms with E-state index in [2.05, 4.69) is 9.97 Å². The van der Waals surface area contributed by atoms with Gasteiger partial charge in [0.05, 0.1) is 5.56 Å². The van der Waals surface area contributed by atoms with Crippen LogP contribution >= 0.6 is 11.3 Å². The van der Waals surface area contributed by atoms with E-state index in [9.17, 15) is 4.79 Å². The Kier molecular flexibility index (Phi) is 2.79. The highest BCUT2D eigenvalue weighted by Crippen LogP contribution is 2.31. The summed E-state index contributed by atoms with van der Waals surface area (Å²) >= 11 is 1.50. The van der Waals surface area contributed by atoms with Crippen LogP contribution in [0.15, 0.2) is 34.5 Å². The van der Waals surface area contributed by atoms with Gasteiger partial charge in [0.2, 0.25) is 0 Å². The van der Waals surface area contributed by atoms with Crippen LogP contribution in [0.1, 0.15) is 10.4 Å². The van der Waals surface area contributed by atoms with Crippen molar-refractivity contribution in [3.63, 3.8) is 0 Å². The van der Waals surface area contributed by atoms with Crippen LogP contribution in [-0.4, -0.2) is 34.9 Å². The molecule has 1 aromatic carbocycles. The first-order valence-electron chi connectivity index (χ1n) is 5.65. The normalized spacial score (nSPS) is 10.8. The summed E-state index contributed by atoms with van der Waals surface area (Å²) in [5.74, 6) is -0.0669. The molecule has 3 rings (SSSR count). The van der Waals surface area contributed by atoms with E-state index in [0.29, 0.717) is 16.7 Å². The molecular weight excluding hydrogens is 262 g/mol. The van der Waals surface area contributed by atoms with Crippen LogP contribution in [0.5, 0.6) is 0 Å². The van der Waals surface area contributed by atoms with Gasteiger partial charge in [-0.1, -0.05) is 0 Å². The van der Waals surface area contributed by atoms with Gasteiger partial charge in [0.15, 0.2) is 12.0 Å². The van der Waals surface area contributed by atoms with Crippen molar-refractivity contribution >= 4 is 28.3 Å². The molecular formula is C13H11N3O2S. The van der Waals surface area contributed by atoms with E-state index in [1.165, 1.54) is 22.6 Å². The lowest BCUT2D eigenvalue weighted by Gasteiger charge is -2.10. The number of aromatic nitrogens is 2. The molecule has 0 N–H and O–H groups in total. The van der Waals surface area contributed by atoms with E-state index in [1.807, 2.05) is 5.38 Å². The lowest BCUT2D eigenvalue weighted by Crippen LogP contribution is -2.21. The number of hydrogen-bond acceptors (Lipinski definition) is 5. The number of benzene rings is 1. The summed E-state index contributed by atoms with van der Waals surface area (Å²) < 4.78 is 5.40. The highest BCUT2D eigenvalue weighted by Gasteiger charge is 2.16. The van der Waals surface area contributed by atoms with Gasteiger partial charge in [-0.3, -0.25) is 4.79 Å². The lowest BCUT2D eigenvalue weighted by molar-refractivity contribution is 0.0828. The zero-order valence-corrected chi connectivity index (χ0v) is 11.3. The van der Waals surface area contributed by atoms with Crippen molar-refractivity contribution in [2.75, 3.05) is 14.1 Å². The van der Waals surface area contributed by atoms with E-state index in [-0.39, 0.29) is 5.91 Å². The van der Waals surface area contributed by atoms with Crippen LogP contribution in [-0.2, 0) is 0 Å². The number of carbonyl (C=O) groups is 1. The third kappa shape index (κ3) is 2.00. The first-order valence-corrected chi connectivity index (χ1v) is 6.53. The number of thiazole rings is 1. The predicted octanol–water partition coefficient (Wildman–Crippen LogP) is 2.65. The molecule has 2 aromatic heterocycles. The lowest BCUT2D eigenvalue weighted by atomic mass is 10.1. The number of nitrogens with zero attached hydrogens (tertiary/aromatic N) is 3. The molecule has 0 radical (unpaired) electrons. The first kappa shape index (κ1) is 11.9. The summed E-state index contributed by atoms with van der Waals surface area (Å²) in [6.07, 6.45) is 3.11. The summed E-state index contributed by atoms with van der Waals surface area (Å²) in [5.41, 5.74) is 2.70. The van der Waals surface area contributed by atoms with Gasteiger partial charge < -0.3 is 9.32 Å². The van der Waals surface area contributed by atoms with Crippen molar-refractivity contribution in [1.29, 1.82) is 0 Å². The Bertz CT molecular complexity index is 732. The Morgan fingerprint density at radius 3 is 2.84 bits per heavy atom. The van der Waals surface area contributed by atoms with Gasteiger partial charge in [0.25, 0.3) is 5.91 Å². The standard InChI is InChI=1S/C13H11N3O2S/c1-16(2)13(17)8-5-9(12-14-3-4-19-12)11-10(6-8)15-7-18-11/h3-7H,1-2H3. The Balaban J connectivity index is 2.25. The topological polar surface area (TPSA) is 59.2 Å². The van der Waals surface area contributed by atoms with Gasteiger partial charge >= 0.3 is 0 Å². The zero-order valence-electron chi connectivity index (χ0n) is 10.5. The highest BCUT2D eigenvalue weighted by atomic mass is 32.1. The smallest absolute Gasteiger partial charge is 0.253 e. The highest BCUT2D eigenvalue weighted by molar-refractivity contribution is 7.13. The van der Waals surface area contributed by atoms with E-state index in [0.717, 1.165) is 10.6 Å². The number of carbonyl (C=O) groups excluding carboxylic acids is 1. The molecule has 0 aliphatic rings. The monoisotopic (exact) mass is 273 g/mol. The average molecular weight is 273 g/mol. The second kappa shape index (κ2) is 4.47.